The Morgan fingerprint density at radius 1 is 1.10 bits per heavy atom. The Hall–Kier alpha value is -2.53. The number of aryl methyl sites for hydroxylation is 1. The first-order chi connectivity index (χ1) is 10.2. The molecule has 2 heterocycles. The van der Waals surface area contributed by atoms with Gasteiger partial charge < -0.3 is 5.32 Å². The van der Waals surface area contributed by atoms with Crippen LogP contribution in [0.3, 0.4) is 0 Å². The lowest BCUT2D eigenvalue weighted by Gasteiger charge is -2.02. The summed E-state index contributed by atoms with van der Waals surface area (Å²) in [6.07, 6.45) is 3.29. The molecule has 0 bridgehead atoms. The number of rotatable bonds is 3. The van der Waals surface area contributed by atoms with E-state index in [2.05, 4.69) is 15.3 Å². The molecule has 104 valence electrons. The van der Waals surface area contributed by atoms with Gasteiger partial charge in [0.25, 0.3) is 5.91 Å². The molecule has 0 spiro atoms. The summed E-state index contributed by atoms with van der Waals surface area (Å²) < 4.78 is 0. The van der Waals surface area contributed by atoms with Gasteiger partial charge in [0, 0.05) is 23.6 Å². The minimum absolute atomic E-state index is 0.140. The van der Waals surface area contributed by atoms with Crippen molar-refractivity contribution >= 4 is 22.9 Å². The van der Waals surface area contributed by atoms with Crippen molar-refractivity contribution in [3.05, 3.63) is 65.4 Å². The van der Waals surface area contributed by atoms with Crippen molar-refractivity contribution < 1.29 is 4.79 Å². The third-order valence-corrected chi connectivity index (χ3v) is 4.17. The zero-order chi connectivity index (χ0) is 14.7. The highest BCUT2D eigenvalue weighted by molar-refractivity contribution is 7.17. The molecule has 0 radical (unpaired) electrons. The van der Waals surface area contributed by atoms with Crippen LogP contribution in [0.2, 0.25) is 0 Å². The topological polar surface area (TPSA) is 54.9 Å². The van der Waals surface area contributed by atoms with Crippen LogP contribution in [0.4, 0.5) is 5.69 Å². The van der Waals surface area contributed by atoms with Gasteiger partial charge in [-0.05, 0) is 19.1 Å². The average molecular weight is 295 g/mol. The summed E-state index contributed by atoms with van der Waals surface area (Å²) in [5, 5.41) is 3.71. The highest BCUT2D eigenvalue weighted by Gasteiger charge is 2.16. The summed E-state index contributed by atoms with van der Waals surface area (Å²) in [6, 6.07) is 13.4. The van der Waals surface area contributed by atoms with Crippen LogP contribution in [0.1, 0.15) is 15.4 Å². The van der Waals surface area contributed by atoms with Crippen LogP contribution in [-0.4, -0.2) is 15.9 Å². The number of nitrogens with zero attached hydrogens (tertiary/aromatic N) is 2. The molecule has 3 rings (SSSR count). The number of carbonyl (C=O) groups excluding carboxylic acids is 1. The number of nitrogens with one attached hydrogen (secondary N) is 1. The van der Waals surface area contributed by atoms with Gasteiger partial charge >= 0.3 is 0 Å². The van der Waals surface area contributed by atoms with Crippen molar-refractivity contribution in [1.82, 2.24) is 9.97 Å². The van der Waals surface area contributed by atoms with Crippen molar-refractivity contribution in [2.45, 2.75) is 6.92 Å². The van der Waals surface area contributed by atoms with Gasteiger partial charge in [0.05, 0.1) is 5.69 Å². The Morgan fingerprint density at radius 3 is 2.52 bits per heavy atom. The number of hydrogen-bond donors (Lipinski definition) is 1. The van der Waals surface area contributed by atoms with E-state index in [1.807, 2.05) is 37.3 Å². The number of amides is 1. The molecule has 4 nitrogen and oxygen atoms in total. The van der Waals surface area contributed by atoms with Crippen LogP contribution in [0.15, 0.2) is 54.9 Å². The predicted molar refractivity (Wildman–Crippen MR) is 84.5 cm³/mol. The van der Waals surface area contributed by atoms with E-state index in [9.17, 15) is 4.79 Å². The second-order valence-electron chi connectivity index (χ2n) is 4.49. The Bertz CT molecular complexity index is 754. The van der Waals surface area contributed by atoms with Gasteiger partial charge in [0.15, 0.2) is 0 Å². The Morgan fingerprint density at radius 2 is 1.81 bits per heavy atom. The summed E-state index contributed by atoms with van der Waals surface area (Å²) in [5.74, 6) is -0.140. The zero-order valence-corrected chi connectivity index (χ0v) is 12.2. The normalized spacial score (nSPS) is 10.3. The Balaban J connectivity index is 1.86. The minimum atomic E-state index is -0.140. The monoisotopic (exact) mass is 295 g/mol. The smallest absolute Gasteiger partial charge is 0.267 e. The number of thiazole rings is 1. The molecule has 0 aliphatic heterocycles. The quantitative estimate of drug-likeness (QED) is 0.800. The lowest BCUT2D eigenvalue weighted by atomic mass is 10.2. The molecule has 0 unspecified atom stereocenters. The summed E-state index contributed by atoms with van der Waals surface area (Å²) in [4.78, 5) is 21.4. The molecule has 1 aromatic carbocycles. The van der Waals surface area contributed by atoms with Crippen LogP contribution in [0.5, 0.6) is 0 Å². The molecule has 0 aliphatic rings. The molecule has 21 heavy (non-hydrogen) atoms. The molecule has 0 saturated heterocycles. The fourth-order valence-corrected chi connectivity index (χ4v) is 2.90. The van der Waals surface area contributed by atoms with Crippen LogP contribution in [0.25, 0.3) is 10.6 Å². The molecule has 0 atom stereocenters. The van der Waals surface area contributed by atoms with Crippen molar-refractivity contribution in [1.29, 1.82) is 0 Å². The van der Waals surface area contributed by atoms with Crippen LogP contribution in [-0.2, 0) is 0 Å². The lowest BCUT2D eigenvalue weighted by Crippen LogP contribution is -2.11. The van der Waals surface area contributed by atoms with Crippen LogP contribution in [0, 0.1) is 6.92 Å². The highest BCUT2D eigenvalue weighted by Crippen LogP contribution is 2.28. The standard InChI is InChI=1S/C16H13N3OS/c1-11-14(15(20)19-13-7-9-17-10-8-13)21-16(18-11)12-5-3-2-4-6-12/h2-10H,1H3,(H,17,19,20). The third kappa shape index (κ3) is 2.98. The average Bonchev–Trinajstić information content (AvgIpc) is 2.91. The van der Waals surface area contributed by atoms with Crippen LogP contribution >= 0.6 is 11.3 Å². The van der Waals surface area contributed by atoms with E-state index in [-0.39, 0.29) is 5.91 Å². The summed E-state index contributed by atoms with van der Waals surface area (Å²) >= 11 is 1.40. The maximum absolute atomic E-state index is 12.3. The first-order valence-electron chi connectivity index (χ1n) is 6.48. The molecule has 5 heteroatoms. The molecule has 3 aromatic rings. The van der Waals surface area contributed by atoms with E-state index < -0.39 is 0 Å². The molecule has 1 N–H and O–H groups in total. The molecule has 2 aromatic heterocycles. The fraction of sp³-hybridized carbons (Fsp3) is 0.0625. The van der Waals surface area contributed by atoms with Crippen molar-refractivity contribution in [3.8, 4) is 10.6 Å². The maximum atomic E-state index is 12.3. The number of benzene rings is 1. The largest absolute Gasteiger partial charge is 0.321 e. The minimum Gasteiger partial charge on any atom is -0.321 e. The van der Waals surface area contributed by atoms with Gasteiger partial charge in [-0.3, -0.25) is 9.78 Å². The highest BCUT2D eigenvalue weighted by atomic mass is 32.1. The molecule has 1 amide bonds. The van der Waals surface area contributed by atoms with Gasteiger partial charge in [-0.2, -0.15) is 0 Å². The van der Waals surface area contributed by atoms with Crippen molar-refractivity contribution in [2.24, 2.45) is 0 Å². The number of hydrogen-bond acceptors (Lipinski definition) is 4. The van der Waals surface area contributed by atoms with Crippen molar-refractivity contribution in [2.75, 3.05) is 5.32 Å². The zero-order valence-electron chi connectivity index (χ0n) is 11.4. The summed E-state index contributed by atoms with van der Waals surface area (Å²) in [6.45, 7) is 1.85. The Kier molecular flexibility index (Phi) is 3.75. The number of anilines is 1. The van der Waals surface area contributed by atoms with E-state index >= 15 is 0 Å². The van der Waals surface area contributed by atoms with Crippen LogP contribution < -0.4 is 5.32 Å². The SMILES string of the molecule is Cc1nc(-c2ccccc2)sc1C(=O)Nc1ccncc1. The number of aromatic nitrogens is 2. The van der Waals surface area contributed by atoms with Gasteiger partial charge in [-0.25, -0.2) is 4.98 Å². The first-order valence-corrected chi connectivity index (χ1v) is 7.30. The molecule has 0 saturated carbocycles. The third-order valence-electron chi connectivity index (χ3n) is 2.96. The second kappa shape index (κ2) is 5.85. The Labute approximate surface area is 126 Å². The number of pyridine rings is 1. The molecular formula is C16H13N3OS. The van der Waals surface area contributed by atoms with Crippen molar-refractivity contribution in [3.63, 3.8) is 0 Å². The predicted octanol–water partition coefficient (Wildman–Crippen LogP) is 3.77. The fourth-order valence-electron chi connectivity index (χ4n) is 1.93. The molecule has 0 fully saturated rings. The molecule has 0 aliphatic carbocycles. The summed E-state index contributed by atoms with van der Waals surface area (Å²) in [7, 11) is 0. The van der Waals surface area contributed by atoms with E-state index in [0.29, 0.717) is 4.88 Å². The number of carbonyl (C=O) groups is 1. The lowest BCUT2D eigenvalue weighted by molar-refractivity contribution is 0.103. The first kappa shape index (κ1) is 13.5. The van der Waals surface area contributed by atoms with Gasteiger partial charge in [0.1, 0.15) is 9.88 Å². The van der Waals surface area contributed by atoms with E-state index in [1.165, 1.54) is 11.3 Å². The van der Waals surface area contributed by atoms with Gasteiger partial charge in [0.2, 0.25) is 0 Å². The van der Waals surface area contributed by atoms with E-state index in [1.54, 1.807) is 24.5 Å². The van der Waals surface area contributed by atoms with Gasteiger partial charge in [-0.1, -0.05) is 30.3 Å². The summed E-state index contributed by atoms with van der Waals surface area (Å²) in [5.41, 5.74) is 2.49. The van der Waals surface area contributed by atoms with Gasteiger partial charge in [-0.15, -0.1) is 11.3 Å². The van der Waals surface area contributed by atoms with E-state index in [0.717, 1.165) is 22.0 Å². The van der Waals surface area contributed by atoms with E-state index in [4.69, 9.17) is 0 Å². The second-order valence-corrected chi connectivity index (χ2v) is 5.49. The molecular weight excluding hydrogens is 282 g/mol. The maximum Gasteiger partial charge on any atom is 0.267 e.